The van der Waals surface area contributed by atoms with Crippen LogP contribution in [0.15, 0.2) is 36.4 Å². The summed E-state index contributed by atoms with van der Waals surface area (Å²) in [5, 5.41) is 0. The van der Waals surface area contributed by atoms with E-state index in [2.05, 4.69) is 103 Å². The van der Waals surface area contributed by atoms with Gasteiger partial charge in [0.25, 0.3) is 0 Å². The van der Waals surface area contributed by atoms with E-state index in [0.29, 0.717) is 10.8 Å². The maximum Gasteiger partial charge on any atom is 2.00 e. The van der Waals surface area contributed by atoms with E-state index < -0.39 is 0 Å². The van der Waals surface area contributed by atoms with Gasteiger partial charge in [0.05, 0.1) is 0 Å². The summed E-state index contributed by atoms with van der Waals surface area (Å²) in [4.78, 5) is 0. The molecule has 0 unspecified atom stereocenters. The van der Waals surface area contributed by atoms with Crippen molar-refractivity contribution in [3.05, 3.63) is 58.7 Å². The van der Waals surface area contributed by atoms with Gasteiger partial charge < -0.3 is 0 Å². The van der Waals surface area contributed by atoms with Crippen LogP contribution >= 0.6 is 11.6 Å². The Balaban J connectivity index is 0. The van der Waals surface area contributed by atoms with Gasteiger partial charge >= 0.3 is 26.2 Å². The van der Waals surface area contributed by atoms with E-state index >= 15 is 0 Å². The van der Waals surface area contributed by atoms with Crippen LogP contribution in [0.1, 0.15) is 63.8 Å². The average molecular weight is 412 g/mol. The van der Waals surface area contributed by atoms with Gasteiger partial charge in [0.1, 0.15) is 0 Å². The van der Waals surface area contributed by atoms with Gasteiger partial charge in [-0.1, -0.05) is 66.2 Å². The summed E-state index contributed by atoms with van der Waals surface area (Å²) in [6, 6.07) is 13.2. The summed E-state index contributed by atoms with van der Waals surface area (Å²) in [5.74, 6) is 0. The van der Waals surface area contributed by atoms with Crippen molar-refractivity contribution in [1.29, 1.82) is 0 Å². The van der Waals surface area contributed by atoms with Crippen molar-refractivity contribution in [3.63, 3.8) is 0 Å². The van der Waals surface area contributed by atoms with Crippen molar-refractivity contribution in [2.45, 2.75) is 66.2 Å². The fraction of sp³-hybridized carbons (Fsp3) is 0.524. The molecule has 2 aromatic rings. The minimum atomic E-state index is 0. The van der Waals surface area contributed by atoms with E-state index in [-0.39, 0.29) is 26.2 Å². The van der Waals surface area contributed by atoms with E-state index in [0.717, 1.165) is 0 Å². The predicted molar refractivity (Wildman–Crippen MR) is 103 cm³/mol. The summed E-state index contributed by atoms with van der Waals surface area (Å²) in [6.07, 6.45) is 1.47. The molecule has 0 spiro atoms. The molecule has 0 aromatic heterocycles. The van der Waals surface area contributed by atoms with E-state index in [1.54, 1.807) is 0 Å². The Hall–Kier alpha value is -0.127. The molecule has 0 atom stereocenters. The first-order chi connectivity index (χ1) is 10.00. The van der Waals surface area contributed by atoms with Gasteiger partial charge in [0.15, 0.2) is 0 Å². The minimum absolute atomic E-state index is 0. The number of aryl methyl sites for hydroxylation is 2. The van der Waals surface area contributed by atoms with Crippen LogP contribution in [0.4, 0.5) is 0 Å². The third kappa shape index (κ3) is 9.68. The van der Waals surface area contributed by atoms with Gasteiger partial charge in [0.2, 0.25) is 0 Å². The Kier molecular flexibility index (Phi) is 11.7. The molecule has 0 aliphatic carbocycles. The molecule has 2 rings (SSSR count). The molecule has 2 heteroatoms. The Morgan fingerprint density at radius 2 is 0.957 bits per heavy atom. The molecule has 0 fully saturated rings. The number of alkyl halides is 1. The van der Waals surface area contributed by atoms with Gasteiger partial charge in [-0.2, -0.15) is 35.4 Å². The quantitative estimate of drug-likeness (QED) is 0.327. The SMILES string of the molecule is CCl.Cc1cc[c-](C(C)(C)C)c1.Cc1cc[c-](C(C)(C)C)c1.[Zr+2]. The van der Waals surface area contributed by atoms with Gasteiger partial charge in [-0.15, -0.1) is 11.6 Å². The summed E-state index contributed by atoms with van der Waals surface area (Å²) >= 11 is 4.64. The largest absolute Gasteiger partial charge is 2.00 e. The summed E-state index contributed by atoms with van der Waals surface area (Å²) < 4.78 is 0. The van der Waals surface area contributed by atoms with E-state index in [1.807, 2.05) is 0 Å². The second kappa shape index (κ2) is 10.7. The van der Waals surface area contributed by atoms with Crippen LogP contribution in [-0.4, -0.2) is 6.38 Å². The molecule has 0 heterocycles. The molecule has 0 amide bonds. The maximum atomic E-state index is 4.64. The smallest absolute Gasteiger partial charge is 0.211 e. The van der Waals surface area contributed by atoms with Gasteiger partial charge in [0, 0.05) is 6.38 Å². The first kappa shape index (κ1) is 25.1. The topological polar surface area (TPSA) is 0 Å². The molecule has 0 aliphatic rings. The number of halogens is 1. The van der Waals surface area contributed by atoms with Crippen molar-refractivity contribution in [1.82, 2.24) is 0 Å². The molecule has 0 nitrogen and oxygen atoms in total. The van der Waals surface area contributed by atoms with Crippen molar-refractivity contribution in [3.8, 4) is 0 Å². The molecule has 23 heavy (non-hydrogen) atoms. The Bertz CT molecular complexity index is 482. The zero-order valence-corrected chi connectivity index (χ0v) is 19.6. The van der Waals surface area contributed by atoms with Gasteiger partial charge in [-0.05, 0) is 0 Å². The van der Waals surface area contributed by atoms with E-state index in [9.17, 15) is 0 Å². The monoisotopic (exact) mass is 410 g/mol. The predicted octanol–water partition coefficient (Wildman–Crippen LogP) is 6.88. The molecule has 0 N–H and O–H groups in total. The molecule has 0 saturated carbocycles. The zero-order chi connectivity index (χ0) is 17.6. The van der Waals surface area contributed by atoms with Crippen molar-refractivity contribution in [2.75, 3.05) is 6.38 Å². The maximum absolute atomic E-state index is 4.64. The normalized spacial score (nSPS) is 10.7. The molecular weight excluding hydrogens is 379 g/mol. The van der Waals surface area contributed by atoms with Crippen LogP contribution in [-0.2, 0) is 37.0 Å². The third-order valence-electron chi connectivity index (χ3n) is 3.55. The zero-order valence-electron chi connectivity index (χ0n) is 16.3. The molecular formula is C21H33ClZr. The van der Waals surface area contributed by atoms with Gasteiger partial charge in [-0.3, -0.25) is 0 Å². The molecule has 0 radical (unpaired) electrons. The molecule has 0 aliphatic heterocycles. The van der Waals surface area contributed by atoms with Crippen molar-refractivity contribution < 1.29 is 26.2 Å². The summed E-state index contributed by atoms with van der Waals surface area (Å²) in [6.45, 7) is 17.7. The summed E-state index contributed by atoms with van der Waals surface area (Å²) in [5.41, 5.74) is 6.23. The van der Waals surface area contributed by atoms with Crippen LogP contribution in [0.25, 0.3) is 0 Å². The van der Waals surface area contributed by atoms with Crippen molar-refractivity contribution >= 4 is 11.6 Å². The van der Waals surface area contributed by atoms with E-state index in [4.69, 9.17) is 0 Å². The second-order valence-electron chi connectivity index (χ2n) is 7.85. The standard InChI is InChI=1S/2C10H15.CH3Cl.Zr/c2*1-8-5-6-9(7-8)10(2,3)4;1-2;/h2*5-7H,1-4H3;1H3;/q2*-1;;+2. The molecule has 0 bridgehead atoms. The first-order valence-corrected chi connectivity index (χ1v) is 8.61. The molecule has 0 saturated heterocycles. The number of hydrogen-bond acceptors (Lipinski definition) is 0. The van der Waals surface area contributed by atoms with Crippen LogP contribution in [0, 0.1) is 13.8 Å². The Labute approximate surface area is 168 Å². The van der Waals surface area contributed by atoms with Crippen LogP contribution in [0.3, 0.4) is 0 Å². The fourth-order valence-corrected chi connectivity index (χ4v) is 2.06. The van der Waals surface area contributed by atoms with Crippen LogP contribution in [0.2, 0.25) is 0 Å². The number of hydrogen-bond donors (Lipinski definition) is 0. The Morgan fingerprint density at radius 1 is 0.696 bits per heavy atom. The average Bonchev–Trinajstić information content (AvgIpc) is 3.00. The molecule has 128 valence electrons. The van der Waals surface area contributed by atoms with E-state index in [1.165, 1.54) is 28.6 Å². The van der Waals surface area contributed by atoms with Crippen LogP contribution < -0.4 is 0 Å². The van der Waals surface area contributed by atoms with Crippen molar-refractivity contribution in [2.24, 2.45) is 0 Å². The minimum Gasteiger partial charge on any atom is -0.211 e. The van der Waals surface area contributed by atoms with Gasteiger partial charge in [-0.25, -0.2) is 23.3 Å². The third-order valence-corrected chi connectivity index (χ3v) is 3.55. The number of rotatable bonds is 0. The second-order valence-corrected chi connectivity index (χ2v) is 7.85. The summed E-state index contributed by atoms with van der Waals surface area (Å²) in [7, 11) is 0. The fourth-order valence-electron chi connectivity index (χ4n) is 2.06. The van der Waals surface area contributed by atoms with Crippen LogP contribution in [0.5, 0.6) is 0 Å². The Morgan fingerprint density at radius 3 is 1.04 bits per heavy atom. The first-order valence-electron chi connectivity index (χ1n) is 7.85. The molecule has 2 aromatic carbocycles.